The number of rotatable bonds is 8. The standard InChI is InChI=1S/C21H21FN4O3/c1-3-16-11-20(27)25-21(24-16)26-23-12-14-8-9-18(19(10-14)28-2)29-13-15-6-4-5-7-17(15)22/h4-12H,3,13H2,1-2H3,(H2,24,25,26,27)/b23-12-. The maximum Gasteiger partial charge on any atom is 0.252 e. The summed E-state index contributed by atoms with van der Waals surface area (Å²) in [6.45, 7) is 2.00. The van der Waals surface area contributed by atoms with E-state index >= 15 is 0 Å². The van der Waals surface area contributed by atoms with Crippen LogP contribution in [0.15, 0.2) is 58.4 Å². The van der Waals surface area contributed by atoms with Gasteiger partial charge in [-0.05, 0) is 36.2 Å². The van der Waals surface area contributed by atoms with Gasteiger partial charge in [0.25, 0.3) is 5.56 Å². The van der Waals surface area contributed by atoms with Crippen molar-refractivity contribution in [1.82, 2.24) is 9.97 Å². The summed E-state index contributed by atoms with van der Waals surface area (Å²) in [5.41, 5.74) is 4.33. The van der Waals surface area contributed by atoms with Crippen molar-refractivity contribution >= 4 is 12.2 Å². The lowest BCUT2D eigenvalue weighted by atomic mass is 10.2. The molecule has 0 spiro atoms. The Morgan fingerprint density at radius 3 is 2.79 bits per heavy atom. The predicted octanol–water partition coefficient (Wildman–Crippen LogP) is 3.51. The number of aromatic amines is 1. The Balaban J connectivity index is 1.68. The predicted molar refractivity (Wildman–Crippen MR) is 109 cm³/mol. The average Bonchev–Trinajstić information content (AvgIpc) is 2.73. The number of aryl methyl sites for hydroxylation is 1. The third-order valence-corrected chi connectivity index (χ3v) is 4.07. The van der Waals surface area contributed by atoms with E-state index in [-0.39, 0.29) is 23.9 Å². The monoisotopic (exact) mass is 396 g/mol. The zero-order chi connectivity index (χ0) is 20.6. The third-order valence-electron chi connectivity index (χ3n) is 4.07. The fraction of sp³-hybridized carbons (Fsp3) is 0.190. The van der Waals surface area contributed by atoms with Crippen LogP contribution in [0.1, 0.15) is 23.7 Å². The first-order valence-electron chi connectivity index (χ1n) is 9.02. The number of benzene rings is 2. The van der Waals surface area contributed by atoms with Gasteiger partial charge in [-0.1, -0.05) is 25.1 Å². The van der Waals surface area contributed by atoms with Gasteiger partial charge >= 0.3 is 0 Å². The van der Waals surface area contributed by atoms with E-state index in [0.717, 1.165) is 5.56 Å². The molecule has 8 heteroatoms. The van der Waals surface area contributed by atoms with Crippen LogP contribution in [0.4, 0.5) is 10.3 Å². The second-order valence-electron chi connectivity index (χ2n) is 6.10. The van der Waals surface area contributed by atoms with Crippen LogP contribution in [0.5, 0.6) is 11.5 Å². The van der Waals surface area contributed by atoms with E-state index in [0.29, 0.717) is 29.2 Å². The second-order valence-corrected chi connectivity index (χ2v) is 6.10. The Hall–Kier alpha value is -3.68. The molecule has 0 saturated carbocycles. The van der Waals surface area contributed by atoms with Crippen molar-refractivity contribution in [2.75, 3.05) is 12.5 Å². The first-order chi connectivity index (χ1) is 14.1. The maximum absolute atomic E-state index is 13.7. The highest BCUT2D eigenvalue weighted by molar-refractivity contribution is 5.81. The molecule has 2 aromatic carbocycles. The Bertz CT molecular complexity index is 1070. The van der Waals surface area contributed by atoms with Gasteiger partial charge in [-0.15, -0.1) is 0 Å². The molecule has 0 fully saturated rings. The number of aromatic nitrogens is 2. The van der Waals surface area contributed by atoms with Crippen LogP contribution in [-0.4, -0.2) is 23.3 Å². The van der Waals surface area contributed by atoms with Gasteiger partial charge < -0.3 is 9.47 Å². The van der Waals surface area contributed by atoms with Crippen molar-refractivity contribution in [2.45, 2.75) is 20.0 Å². The molecule has 2 N–H and O–H groups in total. The minimum Gasteiger partial charge on any atom is -0.493 e. The summed E-state index contributed by atoms with van der Waals surface area (Å²) in [4.78, 5) is 18.4. The minimum atomic E-state index is -0.319. The van der Waals surface area contributed by atoms with Crippen molar-refractivity contribution in [3.8, 4) is 11.5 Å². The van der Waals surface area contributed by atoms with E-state index in [9.17, 15) is 9.18 Å². The van der Waals surface area contributed by atoms with Crippen LogP contribution < -0.4 is 20.5 Å². The highest BCUT2D eigenvalue weighted by atomic mass is 19.1. The Labute approximate surface area is 167 Å². The smallest absolute Gasteiger partial charge is 0.252 e. The SMILES string of the molecule is CCc1cc(=O)[nH]c(N/N=C\c2ccc(OCc3ccccc3F)c(OC)c2)n1. The van der Waals surface area contributed by atoms with Gasteiger partial charge in [0.05, 0.1) is 13.3 Å². The average molecular weight is 396 g/mol. The lowest BCUT2D eigenvalue weighted by Gasteiger charge is -2.11. The molecule has 150 valence electrons. The lowest BCUT2D eigenvalue weighted by molar-refractivity contribution is 0.279. The number of methoxy groups -OCH3 is 1. The molecule has 0 bridgehead atoms. The largest absolute Gasteiger partial charge is 0.493 e. The number of nitrogens with zero attached hydrogens (tertiary/aromatic N) is 2. The van der Waals surface area contributed by atoms with Crippen LogP contribution in [0.25, 0.3) is 0 Å². The van der Waals surface area contributed by atoms with E-state index < -0.39 is 0 Å². The molecule has 0 aliphatic carbocycles. The van der Waals surface area contributed by atoms with Crippen LogP contribution in [0, 0.1) is 5.82 Å². The number of H-pyrrole nitrogens is 1. The van der Waals surface area contributed by atoms with Gasteiger partial charge in [-0.3, -0.25) is 9.78 Å². The molecule has 0 amide bonds. The number of nitrogens with one attached hydrogen (secondary N) is 2. The van der Waals surface area contributed by atoms with Crippen molar-refractivity contribution < 1.29 is 13.9 Å². The van der Waals surface area contributed by atoms with Gasteiger partial charge in [0, 0.05) is 17.3 Å². The first-order valence-corrected chi connectivity index (χ1v) is 9.02. The molecule has 29 heavy (non-hydrogen) atoms. The highest BCUT2D eigenvalue weighted by Crippen LogP contribution is 2.28. The van der Waals surface area contributed by atoms with Gasteiger partial charge in [0.2, 0.25) is 5.95 Å². The third kappa shape index (κ3) is 5.41. The Morgan fingerprint density at radius 2 is 2.03 bits per heavy atom. The second kappa shape index (κ2) is 9.50. The molecule has 1 heterocycles. The van der Waals surface area contributed by atoms with E-state index in [2.05, 4.69) is 20.5 Å². The van der Waals surface area contributed by atoms with Crippen LogP contribution >= 0.6 is 0 Å². The topological polar surface area (TPSA) is 88.6 Å². The highest BCUT2D eigenvalue weighted by Gasteiger charge is 2.07. The molecular formula is C21H21FN4O3. The number of hydrogen-bond donors (Lipinski definition) is 2. The number of hydrogen-bond acceptors (Lipinski definition) is 6. The molecule has 1 aromatic heterocycles. The van der Waals surface area contributed by atoms with Gasteiger partial charge in [0.15, 0.2) is 11.5 Å². The van der Waals surface area contributed by atoms with E-state index in [1.54, 1.807) is 42.6 Å². The van der Waals surface area contributed by atoms with Gasteiger partial charge in [-0.2, -0.15) is 5.10 Å². The van der Waals surface area contributed by atoms with Gasteiger partial charge in [-0.25, -0.2) is 14.8 Å². The Morgan fingerprint density at radius 1 is 1.21 bits per heavy atom. The molecule has 7 nitrogen and oxygen atoms in total. The van der Waals surface area contributed by atoms with Crippen molar-refractivity contribution in [3.05, 3.63) is 81.5 Å². The summed E-state index contributed by atoms with van der Waals surface area (Å²) >= 11 is 0. The molecule has 0 saturated heterocycles. The summed E-state index contributed by atoms with van der Waals surface area (Å²) in [5.74, 6) is 0.926. The Kier molecular flexibility index (Phi) is 6.57. The summed E-state index contributed by atoms with van der Waals surface area (Å²) in [6.07, 6.45) is 2.20. The van der Waals surface area contributed by atoms with Crippen LogP contribution in [0.3, 0.4) is 0 Å². The number of halogens is 1. The molecule has 0 aliphatic rings. The maximum atomic E-state index is 13.7. The first kappa shape index (κ1) is 20.1. The molecule has 3 aromatic rings. The van der Waals surface area contributed by atoms with E-state index in [1.165, 1.54) is 19.2 Å². The molecule has 3 rings (SSSR count). The van der Waals surface area contributed by atoms with Crippen LogP contribution in [0.2, 0.25) is 0 Å². The minimum absolute atomic E-state index is 0.0881. The number of ether oxygens (including phenoxy) is 2. The summed E-state index contributed by atoms with van der Waals surface area (Å²) in [6, 6.07) is 13.1. The summed E-state index contributed by atoms with van der Waals surface area (Å²) in [5, 5.41) is 4.09. The van der Waals surface area contributed by atoms with Crippen molar-refractivity contribution in [1.29, 1.82) is 0 Å². The molecule has 0 radical (unpaired) electrons. The lowest BCUT2D eigenvalue weighted by Crippen LogP contribution is -2.11. The molecular weight excluding hydrogens is 375 g/mol. The normalized spacial score (nSPS) is 10.9. The van der Waals surface area contributed by atoms with E-state index in [4.69, 9.17) is 9.47 Å². The van der Waals surface area contributed by atoms with Crippen LogP contribution in [-0.2, 0) is 13.0 Å². The zero-order valence-corrected chi connectivity index (χ0v) is 16.1. The fourth-order valence-corrected chi connectivity index (χ4v) is 2.56. The summed E-state index contributed by atoms with van der Waals surface area (Å²) in [7, 11) is 1.52. The zero-order valence-electron chi connectivity index (χ0n) is 16.1. The summed E-state index contributed by atoms with van der Waals surface area (Å²) < 4.78 is 24.8. The van der Waals surface area contributed by atoms with E-state index in [1.807, 2.05) is 6.92 Å². The molecule has 0 atom stereocenters. The van der Waals surface area contributed by atoms with Gasteiger partial charge in [0.1, 0.15) is 12.4 Å². The van der Waals surface area contributed by atoms with Crippen molar-refractivity contribution in [3.63, 3.8) is 0 Å². The quantitative estimate of drug-likeness (QED) is 0.449. The number of anilines is 1. The fourth-order valence-electron chi connectivity index (χ4n) is 2.56. The molecule has 0 aliphatic heterocycles. The molecule has 0 unspecified atom stereocenters. The number of hydrazone groups is 1. The van der Waals surface area contributed by atoms with Crippen molar-refractivity contribution in [2.24, 2.45) is 5.10 Å².